The van der Waals surface area contributed by atoms with Crippen molar-refractivity contribution in [3.05, 3.63) is 24.3 Å². The molecule has 0 aliphatic rings. The first kappa shape index (κ1) is 11.2. The molecule has 0 unspecified atom stereocenters. The van der Waals surface area contributed by atoms with Gasteiger partial charge in [0.15, 0.2) is 0 Å². The molecule has 0 aliphatic heterocycles. The van der Waals surface area contributed by atoms with E-state index < -0.39 is 0 Å². The second-order valence-corrected chi connectivity index (χ2v) is 4.18. The molecule has 14 heavy (non-hydrogen) atoms. The molecule has 1 aromatic carbocycles. The van der Waals surface area contributed by atoms with Crippen LogP contribution in [-0.2, 0) is 0 Å². The van der Waals surface area contributed by atoms with Gasteiger partial charge in [-0.15, -0.1) is 11.6 Å². The number of hydrogen-bond acceptors (Lipinski definition) is 2. The fourth-order valence-corrected chi connectivity index (χ4v) is 1.51. The van der Waals surface area contributed by atoms with Crippen molar-refractivity contribution in [2.45, 2.75) is 31.7 Å². The standard InChI is InChI=1S/C11H15ClO2/c1-8(12)7-9(2)14-11-5-3-10(13)4-6-11/h3-6,8-9,13H,7H2,1-2H3/t8-,9-/m0/s1. The zero-order valence-electron chi connectivity index (χ0n) is 8.40. The zero-order valence-corrected chi connectivity index (χ0v) is 9.16. The zero-order chi connectivity index (χ0) is 10.6. The van der Waals surface area contributed by atoms with Crippen LogP contribution in [0.4, 0.5) is 0 Å². The van der Waals surface area contributed by atoms with Gasteiger partial charge in [0, 0.05) is 11.8 Å². The average molecular weight is 215 g/mol. The first-order valence-electron chi connectivity index (χ1n) is 4.67. The molecule has 0 aromatic heterocycles. The van der Waals surface area contributed by atoms with E-state index in [4.69, 9.17) is 21.4 Å². The third-order valence-corrected chi connectivity index (χ3v) is 2.01. The number of ether oxygens (including phenoxy) is 1. The summed E-state index contributed by atoms with van der Waals surface area (Å²) in [7, 11) is 0. The second kappa shape index (κ2) is 5.11. The molecule has 78 valence electrons. The quantitative estimate of drug-likeness (QED) is 0.781. The molecule has 0 bridgehead atoms. The minimum Gasteiger partial charge on any atom is -0.508 e. The highest BCUT2D eigenvalue weighted by molar-refractivity contribution is 6.20. The van der Waals surface area contributed by atoms with Crippen LogP contribution in [0.25, 0.3) is 0 Å². The maximum absolute atomic E-state index is 9.06. The molecule has 2 atom stereocenters. The van der Waals surface area contributed by atoms with Crippen LogP contribution >= 0.6 is 11.6 Å². The molecule has 0 radical (unpaired) electrons. The predicted octanol–water partition coefficient (Wildman–Crippen LogP) is 3.18. The number of halogens is 1. The summed E-state index contributed by atoms with van der Waals surface area (Å²) in [5.41, 5.74) is 0. The minimum absolute atomic E-state index is 0.0899. The third kappa shape index (κ3) is 3.88. The van der Waals surface area contributed by atoms with Crippen molar-refractivity contribution in [1.82, 2.24) is 0 Å². The van der Waals surface area contributed by atoms with Gasteiger partial charge in [0.1, 0.15) is 11.5 Å². The van der Waals surface area contributed by atoms with Gasteiger partial charge in [-0.3, -0.25) is 0 Å². The van der Waals surface area contributed by atoms with Crippen LogP contribution in [0.2, 0.25) is 0 Å². The number of alkyl halides is 1. The number of phenolic OH excluding ortho intramolecular Hbond substituents is 1. The van der Waals surface area contributed by atoms with Gasteiger partial charge in [-0.1, -0.05) is 0 Å². The molecule has 0 amide bonds. The van der Waals surface area contributed by atoms with Crippen LogP contribution in [0.3, 0.4) is 0 Å². The van der Waals surface area contributed by atoms with Gasteiger partial charge < -0.3 is 9.84 Å². The fraction of sp³-hybridized carbons (Fsp3) is 0.455. The summed E-state index contributed by atoms with van der Waals surface area (Å²) >= 11 is 5.84. The number of phenols is 1. The Bertz CT molecular complexity index is 269. The molecule has 0 fully saturated rings. The maximum atomic E-state index is 9.06. The first-order valence-corrected chi connectivity index (χ1v) is 5.11. The van der Waals surface area contributed by atoms with E-state index in [1.165, 1.54) is 0 Å². The summed E-state index contributed by atoms with van der Waals surface area (Å²) in [5, 5.41) is 9.17. The molecule has 0 saturated carbocycles. The highest BCUT2D eigenvalue weighted by Crippen LogP contribution is 2.18. The lowest BCUT2D eigenvalue weighted by Crippen LogP contribution is -2.15. The van der Waals surface area contributed by atoms with Crippen LogP contribution in [-0.4, -0.2) is 16.6 Å². The summed E-state index contributed by atoms with van der Waals surface area (Å²) in [4.78, 5) is 0. The lowest BCUT2D eigenvalue weighted by atomic mass is 10.2. The Kier molecular flexibility index (Phi) is 4.08. The summed E-state index contributed by atoms with van der Waals surface area (Å²) < 4.78 is 5.58. The van der Waals surface area contributed by atoms with Crippen LogP contribution in [0.5, 0.6) is 11.5 Å². The first-order chi connectivity index (χ1) is 6.58. The Morgan fingerprint density at radius 1 is 1.29 bits per heavy atom. The summed E-state index contributed by atoms with van der Waals surface area (Å²) in [6.07, 6.45) is 0.898. The van der Waals surface area contributed by atoms with Gasteiger partial charge in [0.25, 0.3) is 0 Å². The summed E-state index contributed by atoms with van der Waals surface area (Å²) in [6, 6.07) is 6.69. The smallest absolute Gasteiger partial charge is 0.119 e. The Labute approximate surface area is 89.5 Å². The van der Waals surface area contributed by atoms with Crippen molar-refractivity contribution in [3.63, 3.8) is 0 Å². The molecule has 0 aliphatic carbocycles. The van der Waals surface area contributed by atoms with Crippen LogP contribution < -0.4 is 4.74 Å². The van der Waals surface area contributed by atoms with Crippen LogP contribution in [0.15, 0.2) is 24.3 Å². The van der Waals surface area contributed by atoms with Crippen molar-refractivity contribution in [1.29, 1.82) is 0 Å². The van der Waals surface area contributed by atoms with E-state index >= 15 is 0 Å². The highest BCUT2D eigenvalue weighted by atomic mass is 35.5. The predicted molar refractivity (Wildman–Crippen MR) is 58.1 cm³/mol. The molecule has 0 heterocycles. The molecule has 2 nitrogen and oxygen atoms in total. The maximum Gasteiger partial charge on any atom is 0.119 e. The van der Waals surface area contributed by atoms with Crippen LogP contribution in [0.1, 0.15) is 20.3 Å². The highest BCUT2D eigenvalue weighted by Gasteiger charge is 2.07. The Hall–Kier alpha value is -0.890. The van der Waals surface area contributed by atoms with Gasteiger partial charge in [0.05, 0.1) is 6.10 Å². The number of benzene rings is 1. The van der Waals surface area contributed by atoms with Gasteiger partial charge in [-0.2, -0.15) is 0 Å². The SMILES string of the molecule is C[C@H](Cl)C[C@H](C)Oc1ccc(O)cc1. The number of rotatable bonds is 4. The third-order valence-electron chi connectivity index (χ3n) is 1.83. The fourth-order valence-electron chi connectivity index (χ4n) is 1.26. The van der Waals surface area contributed by atoms with Gasteiger partial charge in [-0.05, 0) is 38.1 Å². The average Bonchev–Trinajstić information content (AvgIpc) is 2.07. The lowest BCUT2D eigenvalue weighted by molar-refractivity contribution is 0.211. The van der Waals surface area contributed by atoms with E-state index in [0.717, 1.165) is 12.2 Å². The molecule has 0 spiro atoms. The van der Waals surface area contributed by atoms with Gasteiger partial charge in [0.2, 0.25) is 0 Å². The minimum atomic E-state index is 0.0899. The normalized spacial score (nSPS) is 14.8. The monoisotopic (exact) mass is 214 g/mol. The number of aromatic hydroxyl groups is 1. The lowest BCUT2D eigenvalue weighted by Gasteiger charge is -2.15. The Balaban J connectivity index is 2.47. The molecule has 0 saturated heterocycles. The Morgan fingerprint density at radius 3 is 2.36 bits per heavy atom. The van der Waals surface area contributed by atoms with E-state index in [9.17, 15) is 0 Å². The summed E-state index contributed by atoms with van der Waals surface area (Å²) in [6.45, 7) is 3.92. The summed E-state index contributed by atoms with van der Waals surface area (Å²) in [5.74, 6) is 1.00. The van der Waals surface area contributed by atoms with E-state index in [1.54, 1.807) is 24.3 Å². The number of hydrogen-bond donors (Lipinski definition) is 1. The second-order valence-electron chi connectivity index (χ2n) is 3.44. The van der Waals surface area contributed by atoms with Crippen molar-refractivity contribution in [2.24, 2.45) is 0 Å². The topological polar surface area (TPSA) is 29.5 Å². The van der Waals surface area contributed by atoms with Crippen molar-refractivity contribution in [3.8, 4) is 11.5 Å². The van der Waals surface area contributed by atoms with Gasteiger partial charge in [-0.25, -0.2) is 0 Å². The van der Waals surface area contributed by atoms with Crippen molar-refractivity contribution >= 4 is 11.6 Å². The largest absolute Gasteiger partial charge is 0.508 e. The molecular weight excluding hydrogens is 200 g/mol. The van der Waals surface area contributed by atoms with Crippen molar-refractivity contribution in [2.75, 3.05) is 0 Å². The van der Waals surface area contributed by atoms with E-state index in [0.29, 0.717) is 0 Å². The van der Waals surface area contributed by atoms with Crippen molar-refractivity contribution < 1.29 is 9.84 Å². The van der Waals surface area contributed by atoms with E-state index in [2.05, 4.69) is 0 Å². The Morgan fingerprint density at radius 2 is 1.86 bits per heavy atom. The molecule has 1 rings (SSSR count). The molecule has 1 N–H and O–H groups in total. The van der Waals surface area contributed by atoms with E-state index in [-0.39, 0.29) is 17.2 Å². The van der Waals surface area contributed by atoms with Crippen LogP contribution in [0, 0.1) is 0 Å². The van der Waals surface area contributed by atoms with E-state index in [1.807, 2.05) is 13.8 Å². The molecular formula is C11H15ClO2. The molecule has 3 heteroatoms. The van der Waals surface area contributed by atoms with Gasteiger partial charge >= 0.3 is 0 Å². The molecule has 1 aromatic rings.